The molecule has 4 unspecified atom stereocenters. The molecule has 0 aliphatic heterocycles. The van der Waals surface area contributed by atoms with Crippen LogP contribution < -0.4 is 27.4 Å². The summed E-state index contributed by atoms with van der Waals surface area (Å²) in [5.41, 5.74) is 13.3. The van der Waals surface area contributed by atoms with E-state index in [0.29, 0.717) is 11.1 Å². The van der Waals surface area contributed by atoms with E-state index in [1.807, 2.05) is 6.07 Å². The maximum absolute atomic E-state index is 13.5. The molecular weight excluding hydrogens is 570 g/mol. The van der Waals surface area contributed by atoms with Crippen molar-refractivity contribution in [2.75, 3.05) is 0 Å². The number of aliphatic carboxylic acids is 1. The average Bonchev–Trinajstić information content (AvgIpc) is 2.98. The molecule has 3 aromatic rings. The second-order valence-electron chi connectivity index (χ2n) is 10.2. The van der Waals surface area contributed by atoms with Gasteiger partial charge in [0.25, 0.3) is 0 Å². The maximum atomic E-state index is 13.5. The lowest BCUT2D eigenvalue weighted by Crippen LogP contribution is -2.58. The van der Waals surface area contributed by atoms with Gasteiger partial charge in [-0.2, -0.15) is 0 Å². The van der Waals surface area contributed by atoms with Gasteiger partial charge in [-0.15, -0.1) is 0 Å². The number of primary amides is 1. The van der Waals surface area contributed by atoms with Crippen molar-refractivity contribution in [3.05, 3.63) is 95.6 Å². The first-order valence-corrected chi connectivity index (χ1v) is 13.7. The van der Waals surface area contributed by atoms with Crippen LogP contribution in [0.4, 0.5) is 0 Å². The molecule has 3 rings (SSSR count). The van der Waals surface area contributed by atoms with Crippen LogP contribution in [0.1, 0.15) is 23.1 Å². The number of carbonyl (C=O) groups is 5. The number of aromatic hydroxyl groups is 2. The molecule has 10 N–H and O–H groups in total. The molecule has 4 amide bonds. The lowest BCUT2D eigenvalue weighted by atomic mass is 10.0. The number of carboxylic acids is 1. The molecule has 0 aromatic heterocycles. The molecule has 44 heavy (non-hydrogen) atoms. The molecule has 0 saturated heterocycles. The van der Waals surface area contributed by atoms with Gasteiger partial charge in [0.1, 0.15) is 29.6 Å². The summed E-state index contributed by atoms with van der Waals surface area (Å²) in [5.74, 6) is -4.85. The van der Waals surface area contributed by atoms with Crippen molar-refractivity contribution in [2.24, 2.45) is 11.5 Å². The van der Waals surface area contributed by atoms with Gasteiger partial charge >= 0.3 is 5.97 Å². The molecule has 13 heteroatoms. The Labute approximate surface area is 253 Å². The minimum Gasteiger partial charge on any atom is -0.508 e. The number of carboxylic acid groups (broad SMARTS) is 1. The van der Waals surface area contributed by atoms with Gasteiger partial charge in [0.15, 0.2) is 0 Å². The van der Waals surface area contributed by atoms with Crippen molar-refractivity contribution in [2.45, 2.75) is 49.9 Å². The van der Waals surface area contributed by atoms with E-state index in [2.05, 4.69) is 16.0 Å². The number of phenols is 2. The largest absolute Gasteiger partial charge is 0.508 e. The number of carbonyl (C=O) groups excluding carboxylic acids is 4. The van der Waals surface area contributed by atoms with Gasteiger partial charge in [0.05, 0.1) is 12.5 Å². The van der Waals surface area contributed by atoms with Gasteiger partial charge in [-0.25, -0.2) is 4.79 Å². The highest BCUT2D eigenvalue weighted by Crippen LogP contribution is 2.14. The second-order valence-corrected chi connectivity index (χ2v) is 10.2. The summed E-state index contributed by atoms with van der Waals surface area (Å²) in [6, 6.07) is 15.3. The van der Waals surface area contributed by atoms with E-state index in [1.54, 1.807) is 36.4 Å². The molecule has 13 nitrogen and oxygen atoms in total. The fourth-order valence-corrected chi connectivity index (χ4v) is 4.34. The number of benzene rings is 3. The van der Waals surface area contributed by atoms with Crippen LogP contribution in [0.25, 0.3) is 0 Å². The van der Waals surface area contributed by atoms with E-state index in [1.165, 1.54) is 36.4 Å². The smallest absolute Gasteiger partial charge is 0.326 e. The zero-order valence-electron chi connectivity index (χ0n) is 23.7. The number of nitrogens with two attached hydrogens (primary N) is 2. The number of hydrogen-bond acceptors (Lipinski definition) is 8. The van der Waals surface area contributed by atoms with Crippen LogP contribution in [0.3, 0.4) is 0 Å². The van der Waals surface area contributed by atoms with E-state index in [4.69, 9.17) is 11.5 Å². The Balaban J connectivity index is 1.78. The summed E-state index contributed by atoms with van der Waals surface area (Å²) < 4.78 is 0. The Hall–Kier alpha value is -5.43. The van der Waals surface area contributed by atoms with E-state index in [-0.39, 0.29) is 30.8 Å². The van der Waals surface area contributed by atoms with Crippen LogP contribution in [0.15, 0.2) is 78.9 Å². The first-order chi connectivity index (χ1) is 20.9. The van der Waals surface area contributed by atoms with E-state index >= 15 is 0 Å². The number of hydrogen-bond donors (Lipinski definition) is 8. The molecule has 232 valence electrons. The Kier molecular flexibility index (Phi) is 11.8. The molecule has 0 heterocycles. The van der Waals surface area contributed by atoms with Crippen molar-refractivity contribution in [1.82, 2.24) is 16.0 Å². The lowest BCUT2D eigenvalue weighted by molar-refractivity contribution is -0.142. The van der Waals surface area contributed by atoms with Crippen LogP contribution in [0, 0.1) is 0 Å². The summed E-state index contributed by atoms with van der Waals surface area (Å²) in [5, 5.41) is 36.1. The Morgan fingerprint density at radius 1 is 0.591 bits per heavy atom. The predicted molar refractivity (Wildman–Crippen MR) is 159 cm³/mol. The van der Waals surface area contributed by atoms with Gasteiger partial charge in [0.2, 0.25) is 23.6 Å². The minimum absolute atomic E-state index is 0.0119. The van der Waals surface area contributed by atoms with E-state index < -0.39 is 60.2 Å². The second kappa shape index (κ2) is 15.7. The Bertz CT molecular complexity index is 1450. The van der Waals surface area contributed by atoms with Gasteiger partial charge in [-0.3, -0.25) is 19.2 Å². The minimum atomic E-state index is -1.57. The molecule has 0 radical (unpaired) electrons. The number of phenolic OH excluding ortho intramolecular Hbond substituents is 2. The molecule has 0 bridgehead atoms. The van der Waals surface area contributed by atoms with Crippen LogP contribution in [-0.2, 0) is 43.2 Å². The fourth-order valence-electron chi connectivity index (χ4n) is 4.34. The molecule has 3 aromatic carbocycles. The monoisotopic (exact) mass is 605 g/mol. The quantitative estimate of drug-likeness (QED) is 0.115. The first kappa shape index (κ1) is 33.1. The van der Waals surface area contributed by atoms with Gasteiger partial charge in [-0.05, 0) is 47.4 Å². The molecule has 0 aliphatic rings. The summed E-state index contributed by atoms with van der Waals surface area (Å²) in [6.07, 6.45) is -0.697. The Morgan fingerprint density at radius 2 is 1.02 bits per heavy atom. The normalized spacial score (nSPS) is 13.5. The summed E-state index contributed by atoms with van der Waals surface area (Å²) >= 11 is 0. The summed E-state index contributed by atoms with van der Waals surface area (Å²) in [4.78, 5) is 63.4. The molecule has 0 saturated carbocycles. The third-order valence-corrected chi connectivity index (χ3v) is 6.67. The number of amides is 4. The molecular formula is C31H35N5O8. The van der Waals surface area contributed by atoms with Crippen LogP contribution in [0.2, 0.25) is 0 Å². The summed E-state index contributed by atoms with van der Waals surface area (Å²) in [7, 11) is 0. The average molecular weight is 606 g/mol. The fraction of sp³-hybridized carbons (Fsp3) is 0.258. The Morgan fingerprint density at radius 3 is 1.52 bits per heavy atom. The molecule has 4 atom stereocenters. The van der Waals surface area contributed by atoms with Crippen molar-refractivity contribution >= 4 is 29.6 Å². The zero-order chi connectivity index (χ0) is 32.2. The zero-order valence-corrected chi connectivity index (χ0v) is 23.7. The molecule has 0 fully saturated rings. The van der Waals surface area contributed by atoms with Crippen molar-refractivity contribution in [3.8, 4) is 11.5 Å². The van der Waals surface area contributed by atoms with Gasteiger partial charge in [0, 0.05) is 12.8 Å². The summed E-state index contributed by atoms with van der Waals surface area (Å²) in [6.45, 7) is 0. The predicted octanol–water partition coefficient (Wildman–Crippen LogP) is -0.133. The molecule has 0 spiro atoms. The van der Waals surface area contributed by atoms with Crippen molar-refractivity contribution in [3.63, 3.8) is 0 Å². The van der Waals surface area contributed by atoms with Crippen LogP contribution in [-0.4, -0.2) is 69.1 Å². The third kappa shape index (κ3) is 10.4. The lowest BCUT2D eigenvalue weighted by Gasteiger charge is -2.25. The highest BCUT2D eigenvalue weighted by molar-refractivity contribution is 5.96. The maximum Gasteiger partial charge on any atom is 0.326 e. The SMILES string of the molecule is NC(=O)CC(NC(=O)C(Cc1ccc(O)cc1)NC(=O)C(N)Cc1ccccc1)C(=O)NC(Cc1ccc(O)cc1)C(=O)O. The van der Waals surface area contributed by atoms with Crippen LogP contribution in [0.5, 0.6) is 11.5 Å². The highest BCUT2D eigenvalue weighted by Gasteiger charge is 2.31. The number of nitrogens with one attached hydrogen (secondary N) is 3. The van der Waals surface area contributed by atoms with Crippen molar-refractivity contribution < 1.29 is 39.3 Å². The topological polar surface area (TPSA) is 234 Å². The first-order valence-electron chi connectivity index (χ1n) is 13.7. The van der Waals surface area contributed by atoms with Gasteiger partial charge in [-0.1, -0.05) is 54.6 Å². The van der Waals surface area contributed by atoms with Crippen molar-refractivity contribution in [1.29, 1.82) is 0 Å². The van der Waals surface area contributed by atoms with E-state index in [9.17, 15) is 39.3 Å². The van der Waals surface area contributed by atoms with Crippen LogP contribution >= 0.6 is 0 Å². The number of rotatable bonds is 15. The highest BCUT2D eigenvalue weighted by atomic mass is 16.4. The third-order valence-electron chi connectivity index (χ3n) is 6.67. The van der Waals surface area contributed by atoms with Gasteiger partial charge < -0.3 is 42.7 Å². The standard InChI is InChI=1S/C31H35N5O8/c32-23(14-18-4-2-1-3-5-18)28(40)34-24(15-19-6-10-21(37)11-7-19)29(41)35-25(17-27(33)39)30(42)36-26(31(43)44)16-20-8-12-22(38)13-9-20/h1-13,23-26,37-38H,14-17,32H2,(H2,33,39)(H,34,40)(H,35,41)(H,36,42)(H,43,44). The van der Waals surface area contributed by atoms with E-state index in [0.717, 1.165) is 5.56 Å². The molecule has 0 aliphatic carbocycles.